The molecule has 0 aliphatic rings. The van der Waals surface area contributed by atoms with Crippen molar-refractivity contribution in [3.05, 3.63) is 5.92 Å². The fourth-order valence-electron chi connectivity index (χ4n) is 0.683. The van der Waals surface area contributed by atoms with Gasteiger partial charge < -0.3 is 9.16 Å². The lowest BCUT2D eigenvalue weighted by molar-refractivity contribution is -0.150. The van der Waals surface area contributed by atoms with Gasteiger partial charge in [0.15, 0.2) is 5.79 Å². The average Bonchev–Trinajstić information content (AvgIpc) is 1.88. The molecule has 0 heterocycles. The molecule has 1 radical (unpaired) electrons. The van der Waals surface area contributed by atoms with Crippen LogP contribution in [0.15, 0.2) is 0 Å². The van der Waals surface area contributed by atoms with Gasteiger partial charge in [-0.15, -0.1) is 0 Å². The van der Waals surface area contributed by atoms with Crippen LogP contribution < -0.4 is 0 Å². The highest BCUT2D eigenvalue weighted by Gasteiger charge is 2.27. The summed E-state index contributed by atoms with van der Waals surface area (Å²) in [7, 11) is 0.713. The molecule has 3 heteroatoms. The van der Waals surface area contributed by atoms with E-state index in [9.17, 15) is 0 Å². The molecule has 61 valence electrons. The fraction of sp³-hybridized carbons (Fsp3) is 0.857. The van der Waals surface area contributed by atoms with Crippen LogP contribution in [0.25, 0.3) is 0 Å². The Kier molecular flexibility index (Phi) is 4.16. The second-order valence-corrected chi connectivity index (χ2v) is 2.99. The zero-order chi connectivity index (χ0) is 8.20. The molecular weight excluding hydrogens is 144 g/mol. The van der Waals surface area contributed by atoms with E-state index < -0.39 is 5.79 Å². The van der Waals surface area contributed by atoms with Crippen molar-refractivity contribution in [3.63, 3.8) is 0 Å². The Labute approximate surface area is 66.5 Å². The zero-order valence-corrected chi connectivity index (χ0v) is 9.52. The normalized spacial score (nSPS) is 17.7. The van der Waals surface area contributed by atoms with E-state index in [2.05, 4.69) is 0 Å². The molecule has 10 heavy (non-hydrogen) atoms. The van der Waals surface area contributed by atoms with Crippen LogP contribution in [0.4, 0.5) is 0 Å². The molecule has 0 spiro atoms. The number of hydrogen-bond donors (Lipinski definition) is 0. The van der Waals surface area contributed by atoms with Gasteiger partial charge >= 0.3 is 0 Å². The maximum atomic E-state index is 5.42. The molecule has 0 N–H and O–H groups in total. The van der Waals surface area contributed by atoms with Crippen molar-refractivity contribution in [2.75, 3.05) is 6.61 Å². The molecule has 0 aromatic heterocycles. The predicted octanol–water partition coefficient (Wildman–Crippen LogP) is 0.650. The van der Waals surface area contributed by atoms with E-state index in [0.717, 1.165) is 0 Å². The third-order valence-corrected chi connectivity index (χ3v) is 2.50. The molecule has 0 saturated carbocycles. The van der Waals surface area contributed by atoms with E-state index in [1.807, 2.05) is 27.7 Å². The van der Waals surface area contributed by atoms with Gasteiger partial charge in [0.1, 0.15) is 10.5 Å². The Bertz CT molecular complexity index is 95.6. The van der Waals surface area contributed by atoms with Crippen LogP contribution in [0, 0.1) is 5.92 Å². The first-order valence-corrected chi connectivity index (χ1v) is 4.38. The van der Waals surface area contributed by atoms with Crippen LogP contribution >= 0.6 is 0 Å². The van der Waals surface area contributed by atoms with Crippen molar-refractivity contribution in [3.8, 4) is 0 Å². The van der Waals surface area contributed by atoms with Crippen molar-refractivity contribution < 1.29 is 9.16 Å². The number of hydrogen-bond acceptors (Lipinski definition) is 2. The highest BCUT2D eigenvalue weighted by Crippen LogP contribution is 2.22. The topological polar surface area (TPSA) is 18.5 Å². The summed E-state index contributed by atoms with van der Waals surface area (Å²) >= 11 is 0. The average molecular weight is 161 g/mol. The lowest BCUT2D eigenvalue weighted by atomic mass is 10.1. The van der Waals surface area contributed by atoms with Gasteiger partial charge in [-0.1, -0.05) is 13.8 Å². The molecule has 1 atom stereocenters. The van der Waals surface area contributed by atoms with Gasteiger partial charge in [-0.05, 0) is 13.8 Å². The third kappa shape index (κ3) is 2.40. The van der Waals surface area contributed by atoms with Gasteiger partial charge in [0.2, 0.25) is 0 Å². The Morgan fingerprint density at radius 3 is 2.10 bits per heavy atom. The minimum absolute atomic E-state index is 0.430. The molecule has 0 aromatic carbocycles. The van der Waals surface area contributed by atoms with Gasteiger partial charge in [0.05, 0.1) is 0 Å². The largest absolute Gasteiger partial charge is 0.401 e. The van der Waals surface area contributed by atoms with E-state index >= 15 is 0 Å². The van der Waals surface area contributed by atoms with Crippen molar-refractivity contribution >= 4 is 10.5 Å². The summed E-state index contributed by atoms with van der Waals surface area (Å²) in [6.45, 7) is 8.67. The molecular formula is C7H17O2Si. The van der Waals surface area contributed by atoms with E-state index in [0.29, 0.717) is 17.1 Å². The van der Waals surface area contributed by atoms with Gasteiger partial charge in [-0.25, -0.2) is 0 Å². The summed E-state index contributed by atoms with van der Waals surface area (Å²) in [5, 5.41) is 0. The van der Waals surface area contributed by atoms with Crippen LogP contribution in [0.3, 0.4) is 0 Å². The number of ether oxygens (including phenoxy) is 1. The molecule has 0 bridgehead atoms. The van der Waals surface area contributed by atoms with Crippen molar-refractivity contribution in [1.29, 1.82) is 0 Å². The van der Waals surface area contributed by atoms with Crippen LogP contribution in [-0.4, -0.2) is 22.9 Å². The van der Waals surface area contributed by atoms with Crippen LogP contribution in [0.1, 0.15) is 27.7 Å². The molecule has 0 rings (SSSR count). The third-order valence-electron chi connectivity index (χ3n) is 1.72. The van der Waals surface area contributed by atoms with Crippen LogP contribution in [0.5, 0.6) is 0 Å². The Hall–Kier alpha value is 0.137. The number of rotatable bonds is 4. The van der Waals surface area contributed by atoms with Crippen LogP contribution in [0.2, 0.25) is 0 Å². The van der Waals surface area contributed by atoms with Gasteiger partial charge in [-0.2, -0.15) is 0 Å². The Morgan fingerprint density at radius 2 is 2.00 bits per heavy atom. The van der Waals surface area contributed by atoms with Crippen molar-refractivity contribution in [1.82, 2.24) is 0 Å². The standard InChI is InChI=1S/C7H17O2Si/c1-5-8-7(4,9-10)6(2)3/h5H2,1-4,10H3. The maximum absolute atomic E-state index is 5.42. The predicted molar refractivity (Wildman–Crippen MR) is 45.6 cm³/mol. The first kappa shape index (κ1) is 10.1. The summed E-state index contributed by atoms with van der Waals surface area (Å²) in [5.74, 6) is 0.741. The monoisotopic (exact) mass is 161 g/mol. The quantitative estimate of drug-likeness (QED) is 0.445. The summed E-state index contributed by atoms with van der Waals surface area (Å²) in [5.41, 5.74) is 0. The maximum Gasteiger partial charge on any atom is 0.160 e. The minimum atomic E-state index is -0.430. The highest BCUT2D eigenvalue weighted by atomic mass is 28.2. The van der Waals surface area contributed by atoms with E-state index in [1.54, 1.807) is 0 Å². The Balaban J connectivity index is 3.94. The smallest absolute Gasteiger partial charge is 0.160 e. The summed E-state index contributed by atoms with van der Waals surface area (Å²) in [6.07, 6.45) is 0. The molecule has 0 amide bonds. The summed E-state index contributed by atoms with van der Waals surface area (Å²) in [4.78, 5) is 0. The van der Waals surface area contributed by atoms with Crippen LogP contribution in [-0.2, 0) is 9.16 Å². The molecule has 1 unspecified atom stereocenters. The van der Waals surface area contributed by atoms with E-state index in [-0.39, 0.29) is 0 Å². The van der Waals surface area contributed by atoms with Gasteiger partial charge in [0.25, 0.3) is 0 Å². The molecule has 0 aromatic rings. The SMILES string of the molecule is CCOC(C)(O[SiH3])[C](C)C. The van der Waals surface area contributed by atoms with E-state index in [1.165, 1.54) is 5.92 Å². The lowest BCUT2D eigenvalue weighted by Crippen LogP contribution is -2.36. The fourth-order valence-corrected chi connectivity index (χ4v) is 1.21. The highest BCUT2D eigenvalue weighted by molar-refractivity contribution is 5.98. The first-order chi connectivity index (χ1) is 4.56. The molecule has 0 aliphatic heterocycles. The van der Waals surface area contributed by atoms with E-state index in [4.69, 9.17) is 9.16 Å². The second-order valence-electron chi connectivity index (χ2n) is 2.58. The Morgan fingerprint density at radius 1 is 1.50 bits per heavy atom. The zero-order valence-electron chi connectivity index (χ0n) is 7.52. The molecule has 0 fully saturated rings. The van der Waals surface area contributed by atoms with Crippen molar-refractivity contribution in [2.24, 2.45) is 0 Å². The molecule has 0 aliphatic carbocycles. The second kappa shape index (κ2) is 4.11. The summed E-state index contributed by atoms with van der Waals surface area (Å²) in [6, 6.07) is 0. The van der Waals surface area contributed by atoms with Gasteiger partial charge in [-0.3, -0.25) is 0 Å². The van der Waals surface area contributed by atoms with Gasteiger partial charge in [0, 0.05) is 12.5 Å². The summed E-state index contributed by atoms with van der Waals surface area (Å²) < 4.78 is 10.7. The minimum Gasteiger partial charge on any atom is -0.401 e. The molecule has 2 nitrogen and oxygen atoms in total. The molecule has 0 saturated heterocycles. The van der Waals surface area contributed by atoms with Crippen molar-refractivity contribution in [2.45, 2.75) is 33.5 Å². The first-order valence-electron chi connectivity index (χ1n) is 3.56. The lowest BCUT2D eigenvalue weighted by Gasteiger charge is -2.31.